The van der Waals surface area contributed by atoms with Crippen LogP contribution >= 0.6 is 0 Å². The zero-order valence-corrected chi connectivity index (χ0v) is 8.83. The van der Waals surface area contributed by atoms with Gasteiger partial charge >= 0.3 is 6.03 Å². The van der Waals surface area contributed by atoms with E-state index >= 15 is 0 Å². The van der Waals surface area contributed by atoms with Crippen molar-refractivity contribution in [2.75, 3.05) is 5.32 Å². The molecule has 6 heteroatoms. The van der Waals surface area contributed by atoms with Gasteiger partial charge in [-0.1, -0.05) is 6.07 Å². The van der Waals surface area contributed by atoms with Crippen molar-refractivity contribution in [1.82, 2.24) is 9.55 Å². The number of nitrogens with two attached hydrogens (primary N) is 1. The molecule has 2 amide bonds. The van der Waals surface area contributed by atoms with E-state index < -0.39 is 5.91 Å². The van der Waals surface area contributed by atoms with E-state index in [1.54, 1.807) is 18.2 Å². The van der Waals surface area contributed by atoms with Crippen molar-refractivity contribution in [3.63, 3.8) is 0 Å². The Balaban J connectivity index is 2.16. The van der Waals surface area contributed by atoms with E-state index in [1.165, 1.54) is 29.4 Å². The number of rotatable bonds is 2. The number of benzene rings is 1. The van der Waals surface area contributed by atoms with Crippen molar-refractivity contribution in [3.05, 3.63) is 48.5 Å². The summed E-state index contributed by atoms with van der Waals surface area (Å²) in [6.45, 7) is 0. The van der Waals surface area contributed by atoms with Gasteiger partial charge in [0.1, 0.15) is 6.33 Å². The Bertz CT molecular complexity index is 548. The third-order valence-corrected chi connectivity index (χ3v) is 2.14. The van der Waals surface area contributed by atoms with Crippen LogP contribution in [-0.4, -0.2) is 21.5 Å². The summed E-state index contributed by atoms with van der Waals surface area (Å²) in [5.74, 6) is -0.538. The molecule has 1 aromatic heterocycles. The fourth-order valence-corrected chi connectivity index (χ4v) is 1.32. The Kier molecular flexibility index (Phi) is 2.87. The van der Waals surface area contributed by atoms with Crippen LogP contribution in [-0.2, 0) is 0 Å². The Morgan fingerprint density at radius 3 is 2.82 bits per heavy atom. The molecule has 0 atom stereocenters. The first-order valence-corrected chi connectivity index (χ1v) is 4.86. The summed E-state index contributed by atoms with van der Waals surface area (Å²) in [5.41, 5.74) is 5.98. The Morgan fingerprint density at radius 1 is 1.35 bits per heavy atom. The molecule has 2 aromatic rings. The van der Waals surface area contributed by atoms with Crippen LogP contribution in [0, 0.1) is 0 Å². The third-order valence-electron chi connectivity index (χ3n) is 2.14. The lowest BCUT2D eigenvalue weighted by Gasteiger charge is -2.05. The third kappa shape index (κ3) is 2.49. The van der Waals surface area contributed by atoms with Crippen LogP contribution in [0.2, 0.25) is 0 Å². The second-order valence-corrected chi connectivity index (χ2v) is 3.35. The zero-order valence-electron chi connectivity index (χ0n) is 8.83. The largest absolute Gasteiger partial charge is 0.366 e. The van der Waals surface area contributed by atoms with E-state index in [2.05, 4.69) is 10.3 Å². The number of nitrogens with zero attached hydrogens (tertiary/aromatic N) is 2. The Hall–Kier alpha value is -2.63. The molecule has 0 unspecified atom stereocenters. The van der Waals surface area contributed by atoms with Gasteiger partial charge in [0.15, 0.2) is 0 Å². The van der Waals surface area contributed by atoms with E-state index in [0.717, 1.165) is 0 Å². The summed E-state index contributed by atoms with van der Waals surface area (Å²) in [4.78, 5) is 26.4. The molecule has 17 heavy (non-hydrogen) atoms. The van der Waals surface area contributed by atoms with Crippen molar-refractivity contribution < 1.29 is 9.59 Å². The standard InChI is InChI=1S/C11H10N4O2/c12-10(16)8-2-1-3-9(6-8)14-11(17)15-5-4-13-7-15/h1-7H,(H2,12,16)(H,14,17). The van der Waals surface area contributed by atoms with Crippen LogP contribution < -0.4 is 11.1 Å². The van der Waals surface area contributed by atoms with Crippen LogP contribution in [0.25, 0.3) is 0 Å². The topological polar surface area (TPSA) is 90.0 Å². The van der Waals surface area contributed by atoms with Crippen molar-refractivity contribution in [1.29, 1.82) is 0 Å². The van der Waals surface area contributed by atoms with Crippen molar-refractivity contribution >= 4 is 17.6 Å². The molecular weight excluding hydrogens is 220 g/mol. The van der Waals surface area contributed by atoms with E-state index in [9.17, 15) is 9.59 Å². The number of hydrogen-bond acceptors (Lipinski definition) is 3. The molecule has 0 radical (unpaired) electrons. The van der Waals surface area contributed by atoms with Gasteiger partial charge in [-0.05, 0) is 18.2 Å². The molecule has 0 aliphatic heterocycles. The SMILES string of the molecule is NC(=O)c1cccc(NC(=O)n2ccnc2)c1. The van der Waals surface area contributed by atoms with Gasteiger partial charge in [0, 0.05) is 23.6 Å². The normalized spacial score (nSPS) is 9.88. The average Bonchev–Trinajstić information content (AvgIpc) is 2.82. The number of hydrogen-bond donors (Lipinski definition) is 2. The molecule has 3 N–H and O–H groups in total. The van der Waals surface area contributed by atoms with Gasteiger partial charge in [0.05, 0.1) is 0 Å². The van der Waals surface area contributed by atoms with Gasteiger partial charge < -0.3 is 11.1 Å². The van der Waals surface area contributed by atoms with Gasteiger partial charge in [0.2, 0.25) is 5.91 Å². The lowest BCUT2D eigenvalue weighted by molar-refractivity contribution is 0.100. The molecule has 86 valence electrons. The molecule has 0 aliphatic carbocycles. The average molecular weight is 230 g/mol. The molecule has 0 saturated carbocycles. The number of carbonyl (C=O) groups is 2. The van der Waals surface area contributed by atoms with Crippen molar-refractivity contribution in [2.45, 2.75) is 0 Å². The van der Waals surface area contributed by atoms with Gasteiger partial charge in [-0.15, -0.1) is 0 Å². The number of aromatic nitrogens is 2. The quantitative estimate of drug-likeness (QED) is 0.808. The van der Waals surface area contributed by atoms with Crippen molar-refractivity contribution in [3.8, 4) is 0 Å². The van der Waals surface area contributed by atoms with Gasteiger partial charge in [0.25, 0.3) is 0 Å². The minimum atomic E-state index is -0.538. The predicted molar refractivity (Wildman–Crippen MR) is 61.6 cm³/mol. The first kappa shape index (κ1) is 10.9. The number of anilines is 1. The van der Waals surface area contributed by atoms with Crippen LogP contribution in [0.4, 0.5) is 10.5 Å². The summed E-state index contributed by atoms with van der Waals surface area (Å²) in [5, 5.41) is 2.62. The lowest BCUT2D eigenvalue weighted by atomic mass is 10.2. The second kappa shape index (κ2) is 4.48. The summed E-state index contributed by atoms with van der Waals surface area (Å²) < 4.78 is 1.29. The summed E-state index contributed by atoms with van der Waals surface area (Å²) in [7, 11) is 0. The zero-order chi connectivity index (χ0) is 12.3. The molecule has 0 aliphatic rings. The number of carbonyl (C=O) groups excluding carboxylic acids is 2. The van der Waals surface area contributed by atoms with Crippen LogP contribution in [0.15, 0.2) is 43.0 Å². The predicted octanol–water partition coefficient (Wildman–Crippen LogP) is 1.06. The molecule has 0 bridgehead atoms. The summed E-state index contributed by atoms with van der Waals surface area (Å²) >= 11 is 0. The maximum Gasteiger partial charge on any atom is 0.331 e. The second-order valence-electron chi connectivity index (χ2n) is 3.35. The maximum atomic E-state index is 11.7. The van der Waals surface area contributed by atoms with E-state index in [0.29, 0.717) is 11.3 Å². The Labute approximate surface area is 97.1 Å². The molecule has 0 spiro atoms. The number of amides is 2. The van der Waals surface area contributed by atoms with Gasteiger partial charge in [-0.2, -0.15) is 0 Å². The monoisotopic (exact) mass is 230 g/mol. The minimum Gasteiger partial charge on any atom is -0.366 e. The van der Waals surface area contributed by atoms with Crippen LogP contribution in [0.3, 0.4) is 0 Å². The highest BCUT2D eigenvalue weighted by Gasteiger charge is 2.06. The van der Waals surface area contributed by atoms with E-state index in [4.69, 9.17) is 5.73 Å². The molecule has 6 nitrogen and oxygen atoms in total. The number of imidazole rings is 1. The summed E-state index contributed by atoms with van der Waals surface area (Å²) in [6.07, 6.45) is 4.40. The minimum absolute atomic E-state index is 0.341. The molecule has 0 fully saturated rings. The van der Waals surface area contributed by atoms with Gasteiger partial charge in [-0.25, -0.2) is 9.78 Å². The summed E-state index contributed by atoms with van der Waals surface area (Å²) in [6, 6.07) is 6.04. The lowest BCUT2D eigenvalue weighted by Crippen LogP contribution is -2.18. The molecule has 1 aromatic carbocycles. The van der Waals surface area contributed by atoms with Crippen molar-refractivity contribution in [2.24, 2.45) is 5.73 Å². The first-order valence-electron chi connectivity index (χ1n) is 4.86. The highest BCUT2D eigenvalue weighted by molar-refractivity contribution is 5.96. The van der Waals surface area contributed by atoms with E-state index in [-0.39, 0.29) is 6.03 Å². The fourth-order valence-electron chi connectivity index (χ4n) is 1.32. The molecule has 1 heterocycles. The number of primary amides is 1. The highest BCUT2D eigenvalue weighted by Crippen LogP contribution is 2.10. The molecular formula is C11H10N4O2. The molecule has 2 rings (SSSR count). The highest BCUT2D eigenvalue weighted by atomic mass is 16.2. The smallest absolute Gasteiger partial charge is 0.331 e. The van der Waals surface area contributed by atoms with Crippen LogP contribution in [0.5, 0.6) is 0 Å². The van der Waals surface area contributed by atoms with E-state index in [1.807, 2.05) is 0 Å². The number of nitrogens with one attached hydrogen (secondary N) is 1. The molecule has 0 saturated heterocycles. The van der Waals surface area contributed by atoms with Gasteiger partial charge in [-0.3, -0.25) is 9.36 Å². The fraction of sp³-hybridized carbons (Fsp3) is 0. The van der Waals surface area contributed by atoms with Crippen LogP contribution in [0.1, 0.15) is 10.4 Å². The Morgan fingerprint density at radius 2 is 2.18 bits per heavy atom. The maximum absolute atomic E-state index is 11.7. The first-order chi connectivity index (χ1) is 8.16.